The normalized spacial score (nSPS) is 37.2. The zero-order valence-corrected chi connectivity index (χ0v) is 10.4. The summed E-state index contributed by atoms with van der Waals surface area (Å²) < 4.78 is 24.6. The van der Waals surface area contributed by atoms with E-state index in [-0.39, 0.29) is 5.82 Å². The SMILES string of the molecule is CO[C@]1(CO)O[C@@H](n2ccc(N)nc2=O)[C@@](O)(F)[C@@H]1O. The number of alkyl halides is 1. The van der Waals surface area contributed by atoms with Crippen molar-refractivity contribution in [3.05, 3.63) is 22.7 Å². The molecule has 112 valence electrons. The number of hydrogen-bond acceptors (Lipinski definition) is 8. The van der Waals surface area contributed by atoms with Crippen molar-refractivity contribution in [1.29, 1.82) is 0 Å². The fourth-order valence-electron chi connectivity index (χ4n) is 1.98. The summed E-state index contributed by atoms with van der Waals surface area (Å²) in [7, 11) is 1.04. The van der Waals surface area contributed by atoms with Gasteiger partial charge in [0.05, 0.1) is 0 Å². The van der Waals surface area contributed by atoms with Gasteiger partial charge in [-0.15, -0.1) is 0 Å². The predicted octanol–water partition coefficient (Wildman–Crippen LogP) is -2.29. The molecule has 0 aromatic carbocycles. The van der Waals surface area contributed by atoms with Crippen molar-refractivity contribution in [2.24, 2.45) is 0 Å². The van der Waals surface area contributed by atoms with Crippen LogP contribution in [0.2, 0.25) is 0 Å². The molecule has 4 atom stereocenters. The van der Waals surface area contributed by atoms with Crippen molar-refractivity contribution in [2.75, 3.05) is 19.5 Å². The molecule has 0 spiro atoms. The van der Waals surface area contributed by atoms with E-state index in [1.54, 1.807) is 0 Å². The van der Waals surface area contributed by atoms with Gasteiger partial charge in [-0.05, 0) is 6.07 Å². The average Bonchev–Trinajstić information content (AvgIpc) is 2.60. The fraction of sp³-hybridized carbons (Fsp3) is 0.600. The maximum Gasteiger partial charge on any atom is 0.351 e. The van der Waals surface area contributed by atoms with Gasteiger partial charge in [-0.25, -0.2) is 9.18 Å². The molecule has 1 saturated heterocycles. The molecule has 1 aromatic heterocycles. The Labute approximate surface area is 112 Å². The zero-order chi connectivity index (χ0) is 15.1. The molecule has 1 aromatic rings. The van der Waals surface area contributed by atoms with Crippen LogP contribution in [0.3, 0.4) is 0 Å². The number of halogens is 1. The average molecular weight is 291 g/mol. The number of ether oxygens (including phenoxy) is 2. The summed E-state index contributed by atoms with van der Waals surface area (Å²) in [5.74, 6) is -5.68. The molecular weight excluding hydrogens is 277 g/mol. The van der Waals surface area contributed by atoms with Gasteiger partial charge in [-0.1, -0.05) is 0 Å². The van der Waals surface area contributed by atoms with Gasteiger partial charge < -0.3 is 30.5 Å². The molecule has 5 N–H and O–H groups in total. The number of nitrogen functional groups attached to an aromatic ring is 1. The third-order valence-corrected chi connectivity index (χ3v) is 3.13. The Balaban J connectivity index is 2.50. The van der Waals surface area contributed by atoms with E-state index in [1.165, 1.54) is 6.07 Å². The minimum atomic E-state index is -3.37. The van der Waals surface area contributed by atoms with Crippen LogP contribution < -0.4 is 11.4 Å². The van der Waals surface area contributed by atoms with Crippen LogP contribution in [-0.2, 0) is 9.47 Å². The Morgan fingerprint density at radius 3 is 2.80 bits per heavy atom. The van der Waals surface area contributed by atoms with Crippen molar-refractivity contribution in [3.8, 4) is 0 Å². The second kappa shape index (κ2) is 4.75. The van der Waals surface area contributed by atoms with Crippen LogP contribution in [0.5, 0.6) is 0 Å². The van der Waals surface area contributed by atoms with Crippen molar-refractivity contribution < 1.29 is 29.2 Å². The van der Waals surface area contributed by atoms with Gasteiger partial charge in [0.2, 0.25) is 12.0 Å². The van der Waals surface area contributed by atoms with Gasteiger partial charge in [0, 0.05) is 13.3 Å². The van der Waals surface area contributed by atoms with Gasteiger partial charge in [0.25, 0.3) is 5.85 Å². The van der Waals surface area contributed by atoms with E-state index in [0.29, 0.717) is 4.57 Å². The topological polar surface area (TPSA) is 140 Å². The molecule has 1 fully saturated rings. The van der Waals surface area contributed by atoms with Crippen molar-refractivity contribution in [2.45, 2.75) is 24.0 Å². The molecule has 2 heterocycles. The molecule has 0 aliphatic carbocycles. The Morgan fingerprint density at radius 2 is 2.35 bits per heavy atom. The summed E-state index contributed by atoms with van der Waals surface area (Å²) in [5.41, 5.74) is 4.29. The fourth-order valence-corrected chi connectivity index (χ4v) is 1.98. The van der Waals surface area contributed by atoms with Crippen molar-refractivity contribution in [3.63, 3.8) is 0 Å². The van der Waals surface area contributed by atoms with Crippen LogP contribution in [0.1, 0.15) is 6.23 Å². The maximum atomic E-state index is 14.3. The first-order valence-electron chi connectivity index (χ1n) is 5.56. The number of nitrogens with two attached hydrogens (primary N) is 1. The number of anilines is 1. The highest BCUT2D eigenvalue weighted by molar-refractivity contribution is 5.23. The molecule has 9 nitrogen and oxygen atoms in total. The quantitative estimate of drug-likeness (QED) is 0.488. The summed E-state index contributed by atoms with van der Waals surface area (Å²) in [6.07, 6.45) is -3.15. The first kappa shape index (κ1) is 14.8. The Kier molecular flexibility index (Phi) is 3.52. The molecule has 10 heteroatoms. The molecule has 1 aliphatic heterocycles. The van der Waals surface area contributed by atoms with Gasteiger partial charge >= 0.3 is 5.69 Å². The highest BCUT2D eigenvalue weighted by Crippen LogP contribution is 2.45. The number of nitrogens with zero attached hydrogens (tertiary/aromatic N) is 2. The Bertz CT molecular complexity index is 558. The molecule has 0 amide bonds. The number of methoxy groups -OCH3 is 1. The highest BCUT2D eigenvalue weighted by Gasteiger charge is 2.66. The number of aliphatic hydroxyl groups is 3. The van der Waals surface area contributed by atoms with Crippen molar-refractivity contribution in [1.82, 2.24) is 9.55 Å². The van der Waals surface area contributed by atoms with Gasteiger partial charge in [0.1, 0.15) is 12.4 Å². The lowest BCUT2D eigenvalue weighted by Gasteiger charge is -2.27. The third-order valence-electron chi connectivity index (χ3n) is 3.13. The highest BCUT2D eigenvalue weighted by atomic mass is 19.2. The summed E-state index contributed by atoms with van der Waals surface area (Å²) in [6.45, 7) is -0.940. The number of aromatic nitrogens is 2. The van der Waals surface area contributed by atoms with Gasteiger partial charge in [-0.2, -0.15) is 4.98 Å². The van der Waals surface area contributed by atoms with E-state index < -0.39 is 36.3 Å². The van der Waals surface area contributed by atoms with E-state index >= 15 is 0 Å². The van der Waals surface area contributed by atoms with E-state index in [0.717, 1.165) is 13.3 Å². The maximum absolute atomic E-state index is 14.3. The third kappa shape index (κ3) is 1.98. The summed E-state index contributed by atoms with van der Waals surface area (Å²) in [6, 6.07) is 1.18. The number of hydrogen-bond donors (Lipinski definition) is 4. The molecule has 0 unspecified atom stereocenters. The van der Waals surface area contributed by atoms with Gasteiger partial charge in [-0.3, -0.25) is 4.57 Å². The monoisotopic (exact) mass is 291 g/mol. The minimum Gasteiger partial charge on any atom is -0.391 e. The molecule has 20 heavy (non-hydrogen) atoms. The number of rotatable bonds is 3. The van der Waals surface area contributed by atoms with E-state index in [4.69, 9.17) is 15.2 Å². The molecule has 1 aliphatic rings. The molecule has 0 saturated carbocycles. The lowest BCUT2D eigenvalue weighted by Crippen LogP contribution is -2.52. The number of aliphatic hydroxyl groups excluding tert-OH is 2. The molecule has 2 rings (SSSR count). The van der Waals surface area contributed by atoms with E-state index in [2.05, 4.69) is 4.98 Å². The van der Waals surface area contributed by atoms with Crippen LogP contribution >= 0.6 is 0 Å². The van der Waals surface area contributed by atoms with Crippen LogP contribution in [0, 0.1) is 0 Å². The van der Waals surface area contributed by atoms with Crippen LogP contribution in [0.4, 0.5) is 10.2 Å². The predicted molar refractivity (Wildman–Crippen MR) is 61.9 cm³/mol. The second-order valence-electron chi connectivity index (χ2n) is 4.32. The van der Waals surface area contributed by atoms with Crippen LogP contribution in [0.15, 0.2) is 17.1 Å². The summed E-state index contributed by atoms with van der Waals surface area (Å²) >= 11 is 0. The first-order valence-corrected chi connectivity index (χ1v) is 5.56. The van der Waals surface area contributed by atoms with Gasteiger partial charge in [0.15, 0.2) is 6.10 Å². The van der Waals surface area contributed by atoms with E-state index in [1.807, 2.05) is 0 Å². The lowest BCUT2D eigenvalue weighted by molar-refractivity contribution is -0.270. The standard InChI is InChI=1S/C10H14FN3O6/c1-19-9(4-15)6(16)10(11,18)7(20-9)14-3-2-5(12)13-8(14)17/h2-3,6-7,15-16,18H,4H2,1H3,(H2,12,13,17)/t6-,7-,9-,10-/m1/s1. The zero-order valence-electron chi connectivity index (χ0n) is 10.4. The van der Waals surface area contributed by atoms with Crippen LogP contribution in [-0.4, -0.2) is 56.3 Å². The Morgan fingerprint density at radius 1 is 1.70 bits per heavy atom. The molecule has 0 bridgehead atoms. The van der Waals surface area contributed by atoms with E-state index in [9.17, 15) is 24.5 Å². The second-order valence-corrected chi connectivity index (χ2v) is 4.32. The largest absolute Gasteiger partial charge is 0.391 e. The smallest absolute Gasteiger partial charge is 0.351 e. The minimum absolute atomic E-state index is 0.104. The lowest BCUT2D eigenvalue weighted by atomic mass is 10.1. The van der Waals surface area contributed by atoms with Crippen molar-refractivity contribution >= 4 is 5.82 Å². The first-order chi connectivity index (χ1) is 9.28. The summed E-state index contributed by atoms with van der Waals surface area (Å²) in [4.78, 5) is 15.0. The van der Waals surface area contributed by atoms with Crippen LogP contribution in [0.25, 0.3) is 0 Å². The molecular formula is C10H14FN3O6. The summed E-state index contributed by atoms with van der Waals surface area (Å²) in [5, 5.41) is 28.7. The Hall–Kier alpha value is -1.59. The molecule has 0 radical (unpaired) electrons.